The molecule has 1 amide bonds. The fourth-order valence-electron chi connectivity index (χ4n) is 7.95. The van der Waals surface area contributed by atoms with Crippen molar-refractivity contribution in [3.05, 3.63) is 0 Å². The molecule has 1 aliphatic heterocycles. The summed E-state index contributed by atoms with van der Waals surface area (Å²) in [6.45, 7) is 9.91. The highest BCUT2D eigenvalue weighted by Crippen LogP contribution is 2.67. The fraction of sp³-hybridized carbons (Fsp3) is 0.955. The van der Waals surface area contributed by atoms with Gasteiger partial charge in [0.15, 0.2) is 0 Å². The van der Waals surface area contributed by atoms with Crippen LogP contribution in [0.15, 0.2) is 0 Å². The Kier molecular flexibility index (Phi) is 4.30. The van der Waals surface area contributed by atoms with E-state index in [0.29, 0.717) is 28.0 Å². The molecule has 0 N–H and O–H groups in total. The Balaban J connectivity index is 1.67. The van der Waals surface area contributed by atoms with Gasteiger partial charge in [0.05, 0.1) is 0 Å². The van der Waals surface area contributed by atoms with E-state index in [1.165, 1.54) is 32.1 Å². The standard InChI is InChI=1S/C22H37NOS/c1-13-10-18-22(4,9-7-19(24)23(18)5)16-6-8-21(3)12-15(14(2)25)11-17(21)20(13)16/h13-18,20,25H,6-12H2,1-5H3/t13?,14?,15?,16-,17+,18?,20-,21-,22-/m1/s1. The lowest BCUT2D eigenvalue weighted by Gasteiger charge is -2.63. The van der Waals surface area contributed by atoms with Crippen molar-refractivity contribution in [3.63, 3.8) is 0 Å². The minimum absolute atomic E-state index is 0.339. The van der Waals surface area contributed by atoms with E-state index in [1.807, 2.05) is 0 Å². The first-order chi connectivity index (χ1) is 11.7. The molecule has 0 spiro atoms. The van der Waals surface area contributed by atoms with E-state index in [0.717, 1.165) is 42.4 Å². The average Bonchev–Trinajstić information content (AvgIpc) is 2.91. The minimum Gasteiger partial charge on any atom is -0.342 e. The molecule has 0 aromatic heterocycles. The maximum absolute atomic E-state index is 12.3. The molecule has 142 valence electrons. The molecule has 3 saturated carbocycles. The van der Waals surface area contributed by atoms with E-state index in [1.54, 1.807) is 0 Å². The summed E-state index contributed by atoms with van der Waals surface area (Å²) >= 11 is 4.82. The zero-order chi connectivity index (χ0) is 18.1. The van der Waals surface area contributed by atoms with Gasteiger partial charge in [0.1, 0.15) is 0 Å². The number of piperidine rings is 1. The molecule has 0 aromatic rings. The third-order valence-electron chi connectivity index (χ3n) is 9.42. The monoisotopic (exact) mass is 363 g/mol. The molecule has 25 heavy (non-hydrogen) atoms. The molecule has 4 fully saturated rings. The lowest BCUT2D eigenvalue weighted by Crippen LogP contribution is -2.62. The molecule has 0 radical (unpaired) electrons. The number of likely N-dealkylation sites (tertiary alicyclic amines) is 1. The Morgan fingerprint density at radius 1 is 1.20 bits per heavy atom. The third-order valence-corrected chi connectivity index (χ3v) is 9.84. The normalized spacial score (nSPS) is 53.8. The Bertz CT molecular complexity index is 562. The Morgan fingerprint density at radius 2 is 1.92 bits per heavy atom. The third kappa shape index (κ3) is 2.54. The van der Waals surface area contributed by atoms with E-state index >= 15 is 0 Å². The Labute approximate surface area is 159 Å². The van der Waals surface area contributed by atoms with E-state index in [9.17, 15) is 4.79 Å². The molecule has 9 atom stereocenters. The van der Waals surface area contributed by atoms with Crippen molar-refractivity contribution in [3.8, 4) is 0 Å². The van der Waals surface area contributed by atoms with Crippen molar-refractivity contribution in [1.82, 2.24) is 4.90 Å². The Hall–Kier alpha value is -0.180. The van der Waals surface area contributed by atoms with E-state index in [4.69, 9.17) is 12.6 Å². The van der Waals surface area contributed by atoms with E-state index in [-0.39, 0.29) is 0 Å². The van der Waals surface area contributed by atoms with Crippen LogP contribution < -0.4 is 0 Å². The van der Waals surface area contributed by atoms with E-state index < -0.39 is 0 Å². The maximum Gasteiger partial charge on any atom is 0.222 e. The highest BCUT2D eigenvalue weighted by atomic mass is 32.1. The number of carbonyl (C=O) groups is 1. The summed E-state index contributed by atoms with van der Waals surface area (Å²) in [4.78, 5) is 14.4. The molecule has 0 aromatic carbocycles. The van der Waals surface area contributed by atoms with Gasteiger partial charge in [-0.3, -0.25) is 4.79 Å². The molecule has 1 heterocycles. The van der Waals surface area contributed by atoms with Crippen LogP contribution in [0.5, 0.6) is 0 Å². The van der Waals surface area contributed by atoms with Crippen molar-refractivity contribution < 1.29 is 4.79 Å². The van der Waals surface area contributed by atoms with Gasteiger partial charge in [0, 0.05) is 24.8 Å². The minimum atomic E-state index is 0.339. The second kappa shape index (κ2) is 5.91. The van der Waals surface area contributed by atoms with Gasteiger partial charge in [0.25, 0.3) is 0 Å². The molecule has 4 rings (SSSR count). The lowest BCUT2D eigenvalue weighted by atomic mass is 9.45. The first kappa shape index (κ1) is 18.2. The molecule has 1 saturated heterocycles. The number of rotatable bonds is 1. The predicted molar refractivity (Wildman–Crippen MR) is 107 cm³/mol. The van der Waals surface area contributed by atoms with Crippen molar-refractivity contribution in [2.24, 2.45) is 40.4 Å². The largest absolute Gasteiger partial charge is 0.342 e. The Morgan fingerprint density at radius 3 is 2.60 bits per heavy atom. The highest BCUT2D eigenvalue weighted by Gasteiger charge is 2.62. The van der Waals surface area contributed by atoms with Gasteiger partial charge < -0.3 is 4.90 Å². The summed E-state index contributed by atoms with van der Waals surface area (Å²) in [7, 11) is 2.07. The van der Waals surface area contributed by atoms with Gasteiger partial charge in [0.2, 0.25) is 5.91 Å². The first-order valence-corrected chi connectivity index (χ1v) is 11.1. The molecule has 0 bridgehead atoms. The van der Waals surface area contributed by atoms with Crippen molar-refractivity contribution in [2.75, 3.05) is 7.05 Å². The van der Waals surface area contributed by atoms with Crippen LogP contribution in [0.3, 0.4) is 0 Å². The van der Waals surface area contributed by atoms with Crippen LogP contribution >= 0.6 is 12.6 Å². The van der Waals surface area contributed by atoms with Crippen LogP contribution in [0.2, 0.25) is 0 Å². The van der Waals surface area contributed by atoms with Crippen LogP contribution in [0.25, 0.3) is 0 Å². The van der Waals surface area contributed by atoms with Gasteiger partial charge in [-0.25, -0.2) is 0 Å². The molecule has 3 aliphatic carbocycles. The second-order valence-electron chi connectivity index (χ2n) is 10.7. The van der Waals surface area contributed by atoms with Gasteiger partial charge in [-0.15, -0.1) is 0 Å². The number of amides is 1. The van der Waals surface area contributed by atoms with Crippen LogP contribution in [0.4, 0.5) is 0 Å². The summed E-state index contributed by atoms with van der Waals surface area (Å²) < 4.78 is 0. The zero-order valence-corrected chi connectivity index (χ0v) is 17.7. The van der Waals surface area contributed by atoms with Crippen molar-refractivity contribution in [1.29, 1.82) is 0 Å². The van der Waals surface area contributed by atoms with E-state index in [2.05, 4.69) is 39.6 Å². The molecular formula is C22H37NOS. The first-order valence-electron chi connectivity index (χ1n) is 10.6. The average molecular weight is 364 g/mol. The van der Waals surface area contributed by atoms with Crippen LogP contribution in [-0.2, 0) is 4.79 Å². The van der Waals surface area contributed by atoms with Gasteiger partial charge in [-0.2, -0.15) is 12.6 Å². The van der Waals surface area contributed by atoms with Gasteiger partial charge >= 0.3 is 0 Å². The van der Waals surface area contributed by atoms with Crippen LogP contribution in [0.1, 0.15) is 72.6 Å². The molecule has 3 heteroatoms. The van der Waals surface area contributed by atoms with Gasteiger partial charge in [-0.1, -0.05) is 27.7 Å². The van der Waals surface area contributed by atoms with Crippen molar-refractivity contribution in [2.45, 2.75) is 83.9 Å². The number of thiol groups is 1. The number of hydrogen-bond donors (Lipinski definition) is 1. The molecule has 4 aliphatic rings. The fourth-order valence-corrected chi connectivity index (χ4v) is 8.17. The van der Waals surface area contributed by atoms with Crippen molar-refractivity contribution >= 4 is 18.5 Å². The number of hydrogen-bond acceptors (Lipinski definition) is 2. The summed E-state index contributed by atoms with van der Waals surface area (Å²) in [6, 6.07) is 0.468. The smallest absolute Gasteiger partial charge is 0.222 e. The maximum atomic E-state index is 12.3. The van der Waals surface area contributed by atoms with Gasteiger partial charge in [-0.05, 0) is 78.9 Å². The number of fused-ring (bicyclic) bond motifs is 5. The zero-order valence-electron chi connectivity index (χ0n) is 16.8. The summed E-state index contributed by atoms with van der Waals surface area (Å²) in [5, 5.41) is 0.529. The molecule has 2 nitrogen and oxygen atoms in total. The SMILES string of the molecule is CC(S)C1C[C@H]2[C@@H]3C(C)CC4N(C)C(=O)CC[C@]4(C)[C@@H]3CC[C@]2(C)C1. The predicted octanol–water partition coefficient (Wildman–Crippen LogP) is 5.03. The lowest BCUT2D eigenvalue weighted by molar-refractivity contribution is -0.164. The summed E-state index contributed by atoms with van der Waals surface area (Å²) in [5.74, 6) is 4.46. The quantitative estimate of drug-likeness (QED) is 0.648. The molecular weight excluding hydrogens is 326 g/mol. The number of nitrogens with zero attached hydrogens (tertiary/aromatic N) is 1. The topological polar surface area (TPSA) is 20.3 Å². The van der Waals surface area contributed by atoms with Crippen LogP contribution in [0, 0.1) is 40.4 Å². The summed E-state index contributed by atoms with van der Waals surface area (Å²) in [5.41, 5.74) is 0.877. The summed E-state index contributed by atoms with van der Waals surface area (Å²) in [6.07, 6.45) is 8.64. The second-order valence-corrected chi connectivity index (χ2v) is 11.5. The molecule has 4 unspecified atom stereocenters. The number of carbonyl (C=O) groups excluding carboxylic acids is 1. The highest BCUT2D eigenvalue weighted by molar-refractivity contribution is 7.80. The van der Waals surface area contributed by atoms with Crippen LogP contribution in [-0.4, -0.2) is 29.1 Å².